The fourth-order valence-electron chi connectivity index (χ4n) is 4.61. The molecule has 4 aromatic rings. The second-order valence-corrected chi connectivity index (χ2v) is 10.3. The Kier molecular flexibility index (Phi) is 7.29. The summed E-state index contributed by atoms with van der Waals surface area (Å²) in [7, 11) is 0. The first-order valence-corrected chi connectivity index (χ1v) is 13.2. The van der Waals surface area contributed by atoms with E-state index in [1.807, 2.05) is 29.2 Å². The highest BCUT2D eigenvalue weighted by Crippen LogP contribution is 2.40. The van der Waals surface area contributed by atoms with Crippen LogP contribution in [0, 0.1) is 10.1 Å². The number of nitrogens with one attached hydrogen (secondary N) is 1. The van der Waals surface area contributed by atoms with Gasteiger partial charge in [-0.25, -0.2) is 0 Å². The number of amides is 2. The first-order chi connectivity index (χ1) is 18.8. The lowest BCUT2D eigenvalue weighted by atomic mass is 10.0. The number of para-hydroxylation sites is 1. The van der Waals surface area contributed by atoms with Crippen molar-refractivity contribution in [3.63, 3.8) is 0 Å². The fourth-order valence-corrected chi connectivity index (χ4v) is 5.62. The topological polar surface area (TPSA) is 133 Å². The zero-order valence-corrected chi connectivity index (χ0v) is 21.6. The molecule has 2 heterocycles. The van der Waals surface area contributed by atoms with Crippen molar-refractivity contribution in [3.8, 4) is 33.1 Å². The summed E-state index contributed by atoms with van der Waals surface area (Å²) in [6.07, 6.45) is 3.17. The SMILES string of the molecule is O=C(Nc1ccccc1-c1ccc(C(=O)N2CCCCC2)s1)c1cccc(-c2cc([N+](=O)[O-])cc(O)c2O)c1. The van der Waals surface area contributed by atoms with Crippen LogP contribution in [0.2, 0.25) is 0 Å². The molecule has 1 aromatic heterocycles. The number of benzene rings is 3. The summed E-state index contributed by atoms with van der Waals surface area (Å²) in [5.41, 5.74) is 1.54. The van der Waals surface area contributed by atoms with Crippen LogP contribution < -0.4 is 5.32 Å². The number of hydrogen-bond acceptors (Lipinski definition) is 7. The van der Waals surface area contributed by atoms with Gasteiger partial charge in [-0.05, 0) is 55.2 Å². The van der Waals surface area contributed by atoms with Crippen LogP contribution in [0.3, 0.4) is 0 Å². The Balaban J connectivity index is 1.40. The summed E-state index contributed by atoms with van der Waals surface area (Å²) in [6.45, 7) is 1.54. The minimum absolute atomic E-state index is 0.0275. The summed E-state index contributed by atoms with van der Waals surface area (Å²) in [6, 6.07) is 19.2. The van der Waals surface area contributed by atoms with Crippen LogP contribution in [0.5, 0.6) is 11.5 Å². The number of rotatable bonds is 6. The van der Waals surface area contributed by atoms with Crippen LogP contribution in [0.1, 0.15) is 39.3 Å². The van der Waals surface area contributed by atoms with Crippen molar-refractivity contribution in [1.29, 1.82) is 0 Å². The van der Waals surface area contributed by atoms with Gasteiger partial charge in [-0.3, -0.25) is 19.7 Å². The van der Waals surface area contributed by atoms with Crippen molar-refractivity contribution in [2.45, 2.75) is 19.3 Å². The molecule has 0 aliphatic carbocycles. The second-order valence-electron chi connectivity index (χ2n) is 9.22. The molecule has 3 aromatic carbocycles. The maximum Gasteiger partial charge on any atom is 0.274 e. The molecule has 0 saturated carbocycles. The van der Waals surface area contributed by atoms with Crippen LogP contribution in [0.25, 0.3) is 21.6 Å². The highest BCUT2D eigenvalue weighted by molar-refractivity contribution is 7.17. The molecule has 1 saturated heterocycles. The number of hydrogen-bond donors (Lipinski definition) is 3. The van der Waals surface area contributed by atoms with Crippen molar-refractivity contribution in [2.75, 3.05) is 18.4 Å². The first-order valence-electron chi connectivity index (χ1n) is 12.4. The van der Waals surface area contributed by atoms with Gasteiger partial charge in [0.25, 0.3) is 17.5 Å². The number of carbonyl (C=O) groups excluding carboxylic acids is 2. The quantitative estimate of drug-likeness (QED) is 0.149. The Morgan fingerprint density at radius 2 is 1.67 bits per heavy atom. The van der Waals surface area contributed by atoms with E-state index in [1.165, 1.54) is 17.4 Å². The molecule has 2 amide bonds. The highest BCUT2D eigenvalue weighted by Gasteiger charge is 2.21. The number of anilines is 1. The second kappa shape index (κ2) is 11.0. The standard InChI is InChI=1S/C29H25N3O6S/c33-24-17-20(32(37)38)16-22(27(24)34)18-7-6-8-19(15-18)28(35)30-23-10-3-2-9-21(23)25-11-12-26(39-25)29(36)31-13-4-1-5-14-31/h2-3,6-12,15-17,33-34H,1,4-5,13-14H2,(H,30,35). The maximum atomic E-state index is 13.2. The molecule has 39 heavy (non-hydrogen) atoms. The predicted octanol–water partition coefficient (Wildman–Crippen LogP) is 6.28. The molecule has 1 fully saturated rings. The summed E-state index contributed by atoms with van der Waals surface area (Å²) >= 11 is 1.38. The Morgan fingerprint density at radius 3 is 2.44 bits per heavy atom. The number of aromatic hydroxyl groups is 2. The maximum absolute atomic E-state index is 13.2. The molecular formula is C29H25N3O6S. The fraction of sp³-hybridized carbons (Fsp3) is 0.172. The molecule has 198 valence electrons. The monoisotopic (exact) mass is 543 g/mol. The molecule has 1 aliphatic rings. The lowest BCUT2D eigenvalue weighted by molar-refractivity contribution is -0.384. The molecule has 0 unspecified atom stereocenters. The van der Waals surface area contributed by atoms with Crippen LogP contribution in [-0.4, -0.2) is 44.9 Å². The molecular weight excluding hydrogens is 518 g/mol. The van der Waals surface area contributed by atoms with Crippen molar-refractivity contribution in [3.05, 3.63) is 93.4 Å². The van der Waals surface area contributed by atoms with Crippen molar-refractivity contribution < 1.29 is 24.7 Å². The normalized spacial score (nSPS) is 13.2. The van der Waals surface area contributed by atoms with Crippen LogP contribution in [0.15, 0.2) is 72.8 Å². The minimum Gasteiger partial charge on any atom is -0.504 e. The third kappa shape index (κ3) is 5.46. The highest BCUT2D eigenvalue weighted by atomic mass is 32.1. The Hall–Kier alpha value is -4.70. The van der Waals surface area contributed by atoms with Gasteiger partial charge >= 0.3 is 0 Å². The Morgan fingerprint density at radius 1 is 0.897 bits per heavy atom. The summed E-state index contributed by atoms with van der Waals surface area (Å²) in [5.74, 6) is -1.55. The number of likely N-dealkylation sites (tertiary alicyclic amines) is 1. The molecule has 3 N–H and O–H groups in total. The third-order valence-electron chi connectivity index (χ3n) is 6.62. The predicted molar refractivity (Wildman–Crippen MR) is 149 cm³/mol. The van der Waals surface area contributed by atoms with Crippen molar-refractivity contribution >= 4 is 34.5 Å². The number of carbonyl (C=O) groups is 2. The number of nitro groups is 1. The van der Waals surface area contributed by atoms with E-state index in [4.69, 9.17) is 0 Å². The number of non-ortho nitro benzene ring substituents is 1. The van der Waals surface area contributed by atoms with Gasteiger partial charge in [-0.1, -0.05) is 30.3 Å². The molecule has 0 atom stereocenters. The van der Waals surface area contributed by atoms with Gasteiger partial charge in [-0.2, -0.15) is 0 Å². The smallest absolute Gasteiger partial charge is 0.274 e. The summed E-state index contributed by atoms with van der Waals surface area (Å²) in [4.78, 5) is 40.1. The van der Waals surface area contributed by atoms with Gasteiger partial charge in [0, 0.05) is 46.4 Å². The summed E-state index contributed by atoms with van der Waals surface area (Å²) < 4.78 is 0. The largest absolute Gasteiger partial charge is 0.504 e. The van der Waals surface area contributed by atoms with Gasteiger partial charge in [0.05, 0.1) is 15.9 Å². The van der Waals surface area contributed by atoms with Crippen LogP contribution >= 0.6 is 11.3 Å². The van der Waals surface area contributed by atoms with Gasteiger partial charge in [0.2, 0.25) is 0 Å². The number of thiophene rings is 1. The molecule has 10 heteroatoms. The van der Waals surface area contributed by atoms with E-state index in [1.54, 1.807) is 30.3 Å². The van der Waals surface area contributed by atoms with E-state index >= 15 is 0 Å². The number of phenols is 2. The molecule has 1 aliphatic heterocycles. The molecule has 5 rings (SSSR count). The number of piperidine rings is 1. The molecule has 0 radical (unpaired) electrons. The van der Waals surface area contributed by atoms with E-state index < -0.39 is 28.0 Å². The van der Waals surface area contributed by atoms with E-state index in [2.05, 4.69) is 5.32 Å². The Bertz CT molecular complexity index is 1570. The zero-order chi connectivity index (χ0) is 27.5. The summed E-state index contributed by atoms with van der Waals surface area (Å²) in [5, 5.41) is 34.4. The van der Waals surface area contributed by atoms with Crippen molar-refractivity contribution in [2.24, 2.45) is 0 Å². The minimum atomic E-state index is -0.674. The number of nitrogens with zero attached hydrogens (tertiary/aromatic N) is 2. The molecule has 9 nitrogen and oxygen atoms in total. The zero-order valence-electron chi connectivity index (χ0n) is 20.8. The average Bonchev–Trinajstić information content (AvgIpc) is 3.45. The van der Waals surface area contributed by atoms with E-state index in [9.17, 15) is 29.9 Å². The van der Waals surface area contributed by atoms with Gasteiger partial charge in [0.15, 0.2) is 11.5 Å². The molecule has 0 bridgehead atoms. The number of phenolic OH excluding ortho intramolecular Hbond substituents is 2. The lowest BCUT2D eigenvalue weighted by Gasteiger charge is -2.26. The van der Waals surface area contributed by atoms with Gasteiger partial charge in [0.1, 0.15) is 0 Å². The van der Waals surface area contributed by atoms with E-state index in [-0.39, 0.29) is 17.0 Å². The van der Waals surface area contributed by atoms with Crippen LogP contribution in [0.4, 0.5) is 11.4 Å². The van der Waals surface area contributed by atoms with Gasteiger partial charge < -0.3 is 20.4 Å². The first kappa shape index (κ1) is 25.9. The van der Waals surface area contributed by atoms with Crippen molar-refractivity contribution in [1.82, 2.24) is 4.90 Å². The molecule has 0 spiro atoms. The third-order valence-corrected chi connectivity index (χ3v) is 7.73. The van der Waals surface area contributed by atoms with Gasteiger partial charge in [-0.15, -0.1) is 11.3 Å². The van der Waals surface area contributed by atoms with Crippen LogP contribution in [-0.2, 0) is 0 Å². The number of nitro benzene ring substituents is 1. The lowest BCUT2D eigenvalue weighted by Crippen LogP contribution is -2.35. The Labute approximate surface area is 228 Å². The average molecular weight is 544 g/mol. The van der Waals surface area contributed by atoms with E-state index in [0.29, 0.717) is 16.1 Å². The van der Waals surface area contributed by atoms with E-state index in [0.717, 1.165) is 54.9 Å².